The minimum Gasteiger partial charge on any atom is -0.443 e. The molecule has 2 unspecified atom stereocenters. The highest BCUT2D eigenvalue weighted by atomic mass is 16.6. The topological polar surface area (TPSA) is 91.1 Å². The maximum atomic E-state index is 13.1. The number of hydrogen-bond acceptors (Lipinski definition) is 8. The zero-order valence-electron chi connectivity index (χ0n) is 22.2. The summed E-state index contributed by atoms with van der Waals surface area (Å²) in [5.41, 5.74) is 1.99. The molecule has 3 fully saturated rings. The van der Waals surface area contributed by atoms with Gasteiger partial charge in [-0.3, -0.25) is 4.90 Å². The molecule has 2 atom stereocenters. The summed E-state index contributed by atoms with van der Waals surface area (Å²) in [6.07, 6.45) is 9.97. The van der Waals surface area contributed by atoms with Crippen molar-refractivity contribution >= 4 is 17.7 Å². The van der Waals surface area contributed by atoms with Crippen LogP contribution in [-0.4, -0.2) is 105 Å². The number of hydrogen-bond donors (Lipinski definition) is 1. The van der Waals surface area contributed by atoms with Gasteiger partial charge in [0.2, 0.25) is 5.95 Å². The van der Waals surface area contributed by atoms with Crippen LogP contribution in [0.1, 0.15) is 56.8 Å². The lowest BCUT2D eigenvalue weighted by molar-refractivity contribution is -0.0306. The summed E-state index contributed by atoms with van der Waals surface area (Å²) in [7, 11) is 4.12. The molecule has 3 aliphatic heterocycles. The van der Waals surface area contributed by atoms with Gasteiger partial charge in [0, 0.05) is 49.9 Å². The van der Waals surface area contributed by atoms with Crippen LogP contribution in [0, 0.1) is 6.92 Å². The molecule has 10 nitrogen and oxygen atoms in total. The Morgan fingerprint density at radius 3 is 2.58 bits per heavy atom. The molecule has 1 amide bonds. The van der Waals surface area contributed by atoms with Crippen LogP contribution in [0.2, 0.25) is 0 Å². The molecule has 2 aromatic heterocycles. The van der Waals surface area contributed by atoms with Gasteiger partial charge in [-0.15, -0.1) is 0 Å². The lowest BCUT2D eigenvalue weighted by atomic mass is 9.98. The number of aromatic nitrogens is 4. The molecule has 5 rings (SSSR count). The van der Waals surface area contributed by atoms with Gasteiger partial charge in [-0.05, 0) is 52.6 Å². The smallest absolute Gasteiger partial charge is 0.410 e. The van der Waals surface area contributed by atoms with Gasteiger partial charge in [0.1, 0.15) is 11.9 Å². The van der Waals surface area contributed by atoms with Crippen LogP contribution in [0.25, 0.3) is 5.65 Å². The Labute approximate surface area is 213 Å². The molecule has 2 aromatic rings. The highest BCUT2D eigenvalue weighted by molar-refractivity contribution is 5.69. The second kappa shape index (κ2) is 10.3. The Hall–Kier alpha value is -2.72. The maximum absolute atomic E-state index is 13.1. The van der Waals surface area contributed by atoms with Crippen LogP contribution in [0.3, 0.4) is 0 Å². The van der Waals surface area contributed by atoms with Crippen molar-refractivity contribution in [3.63, 3.8) is 0 Å². The third kappa shape index (κ3) is 5.20. The highest BCUT2D eigenvalue weighted by Gasteiger charge is 2.45. The molecular weight excluding hydrogens is 456 g/mol. The van der Waals surface area contributed by atoms with Crippen LogP contribution < -0.4 is 5.32 Å². The van der Waals surface area contributed by atoms with Crippen molar-refractivity contribution in [2.45, 2.75) is 76.6 Å². The number of fused-ring (bicyclic) bond motifs is 3. The Morgan fingerprint density at radius 2 is 1.92 bits per heavy atom. The predicted molar refractivity (Wildman–Crippen MR) is 139 cm³/mol. The van der Waals surface area contributed by atoms with E-state index in [-0.39, 0.29) is 30.3 Å². The summed E-state index contributed by atoms with van der Waals surface area (Å²) in [5.74, 6) is 1.81. The molecule has 0 saturated carbocycles. The minimum atomic E-state index is -0.136. The number of ether oxygens (including phenoxy) is 1. The first-order chi connectivity index (χ1) is 17.3. The van der Waals surface area contributed by atoms with Crippen LogP contribution in [0.4, 0.5) is 10.7 Å². The Bertz CT molecular complexity index is 1090. The Morgan fingerprint density at radius 1 is 1.19 bits per heavy atom. The molecule has 3 saturated heterocycles. The van der Waals surface area contributed by atoms with Crippen LogP contribution in [0.15, 0.2) is 18.3 Å². The van der Waals surface area contributed by atoms with Crippen LogP contribution >= 0.6 is 0 Å². The van der Waals surface area contributed by atoms with E-state index >= 15 is 0 Å². The highest BCUT2D eigenvalue weighted by Crippen LogP contribution is 2.37. The molecule has 3 aliphatic rings. The number of anilines is 1. The summed E-state index contributed by atoms with van der Waals surface area (Å²) >= 11 is 0. The van der Waals surface area contributed by atoms with Crippen molar-refractivity contribution in [2.75, 3.05) is 45.6 Å². The summed E-state index contributed by atoms with van der Waals surface area (Å²) in [6.45, 7) is 9.72. The number of carbonyl (C=O) groups excluding carboxylic acids is 1. The second-order valence-corrected chi connectivity index (χ2v) is 11.1. The van der Waals surface area contributed by atoms with Gasteiger partial charge in [-0.25, -0.2) is 9.78 Å². The second-order valence-electron chi connectivity index (χ2n) is 11.1. The average Bonchev–Trinajstić information content (AvgIpc) is 3.33. The lowest BCUT2D eigenvalue weighted by Gasteiger charge is -2.42. The minimum absolute atomic E-state index is 0.00208. The van der Waals surface area contributed by atoms with Crippen molar-refractivity contribution in [3.05, 3.63) is 29.7 Å². The molecule has 0 spiro atoms. The van der Waals surface area contributed by atoms with Crippen LogP contribution in [0.5, 0.6) is 0 Å². The van der Waals surface area contributed by atoms with Gasteiger partial charge in [-0.1, -0.05) is 26.0 Å². The monoisotopic (exact) mass is 496 g/mol. The number of aryl methyl sites for hydroxylation is 1. The SMILES string of the molecule is Cc1nc(NC2CC3CCC(C2)N3C(=O)OC2CN(C/C=C/CN(C)C)C2)n2ncc(C(C)C)c2n1. The Balaban J connectivity index is 1.15. The normalized spacial score (nSPS) is 24.9. The van der Waals surface area contributed by atoms with E-state index in [0.717, 1.165) is 74.8 Å². The number of amides is 1. The fourth-order valence-corrected chi connectivity index (χ4v) is 5.74. The molecule has 10 heteroatoms. The maximum Gasteiger partial charge on any atom is 0.410 e. The number of likely N-dealkylation sites (N-methyl/N-ethyl adjacent to an activating group) is 1. The van der Waals surface area contributed by atoms with E-state index < -0.39 is 0 Å². The number of piperidine rings is 1. The average molecular weight is 497 g/mol. The van der Waals surface area contributed by atoms with Gasteiger partial charge < -0.3 is 19.9 Å². The molecule has 5 heterocycles. The number of rotatable bonds is 8. The molecular formula is C26H40N8O2. The number of nitrogens with zero attached hydrogens (tertiary/aromatic N) is 7. The largest absolute Gasteiger partial charge is 0.443 e. The summed E-state index contributed by atoms with van der Waals surface area (Å²) in [6, 6.07) is 0.659. The summed E-state index contributed by atoms with van der Waals surface area (Å²) < 4.78 is 7.71. The van der Waals surface area contributed by atoms with E-state index in [0.29, 0.717) is 5.92 Å². The quantitative estimate of drug-likeness (QED) is 0.558. The molecule has 2 bridgehead atoms. The van der Waals surface area contributed by atoms with E-state index in [9.17, 15) is 4.79 Å². The number of likely N-dealkylation sites (tertiary alicyclic amines) is 1. The van der Waals surface area contributed by atoms with E-state index in [4.69, 9.17) is 4.74 Å². The zero-order valence-corrected chi connectivity index (χ0v) is 22.2. The first-order valence-electron chi connectivity index (χ1n) is 13.3. The van der Waals surface area contributed by atoms with Crippen molar-refractivity contribution in [3.8, 4) is 0 Å². The van der Waals surface area contributed by atoms with Crippen molar-refractivity contribution in [1.29, 1.82) is 0 Å². The summed E-state index contributed by atoms with van der Waals surface area (Å²) in [4.78, 5) is 28.8. The van der Waals surface area contributed by atoms with E-state index in [1.165, 1.54) is 0 Å². The summed E-state index contributed by atoms with van der Waals surface area (Å²) in [5, 5.41) is 8.20. The third-order valence-corrected chi connectivity index (χ3v) is 7.60. The molecule has 0 aromatic carbocycles. The number of nitrogens with one attached hydrogen (secondary N) is 1. The van der Waals surface area contributed by atoms with Gasteiger partial charge in [0.25, 0.3) is 0 Å². The lowest BCUT2D eigenvalue weighted by Crippen LogP contribution is -2.56. The van der Waals surface area contributed by atoms with Crippen molar-refractivity contribution < 1.29 is 9.53 Å². The fraction of sp³-hybridized carbons (Fsp3) is 0.692. The molecule has 36 heavy (non-hydrogen) atoms. The molecule has 1 N–H and O–H groups in total. The first-order valence-corrected chi connectivity index (χ1v) is 13.3. The molecule has 0 aliphatic carbocycles. The van der Waals surface area contributed by atoms with Crippen LogP contribution in [-0.2, 0) is 4.74 Å². The van der Waals surface area contributed by atoms with E-state index in [1.807, 2.05) is 22.5 Å². The van der Waals surface area contributed by atoms with E-state index in [2.05, 4.69) is 70.3 Å². The number of carbonyl (C=O) groups is 1. The third-order valence-electron chi connectivity index (χ3n) is 7.60. The molecule has 0 radical (unpaired) electrons. The molecule has 196 valence electrons. The Kier molecular flexibility index (Phi) is 7.16. The zero-order chi connectivity index (χ0) is 25.4. The first kappa shape index (κ1) is 25.0. The fourth-order valence-electron chi connectivity index (χ4n) is 5.74. The standard InChI is InChI=1S/C26H40N8O2/c1-17(2)23-14-27-34-24(23)28-18(3)29-25(34)30-19-12-20-8-9-21(13-19)33(20)26(35)36-22-15-32(16-22)11-7-6-10-31(4)5/h6-7,14,17,19-22H,8-13,15-16H2,1-5H3,(H,28,29,30)/b7-6+. The van der Waals surface area contributed by atoms with Gasteiger partial charge >= 0.3 is 6.09 Å². The van der Waals surface area contributed by atoms with Gasteiger partial charge in [-0.2, -0.15) is 14.6 Å². The van der Waals surface area contributed by atoms with E-state index in [1.54, 1.807) is 0 Å². The van der Waals surface area contributed by atoms with Crippen molar-refractivity contribution in [1.82, 2.24) is 34.3 Å². The van der Waals surface area contributed by atoms with Crippen molar-refractivity contribution in [2.24, 2.45) is 0 Å². The van der Waals surface area contributed by atoms with Gasteiger partial charge in [0.05, 0.1) is 6.20 Å². The van der Waals surface area contributed by atoms with Gasteiger partial charge in [0.15, 0.2) is 5.65 Å². The predicted octanol–water partition coefficient (Wildman–Crippen LogP) is 2.90.